The van der Waals surface area contributed by atoms with E-state index in [2.05, 4.69) is 37.4 Å². The number of hydrogen-bond acceptors (Lipinski definition) is 4. The van der Waals surface area contributed by atoms with Gasteiger partial charge in [-0.2, -0.15) is 0 Å². The Bertz CT molecular complexity index is 630. The van der Waals surface area contributed by atoms with Gasteiger partial charge in [0.25, 0.3) is 0 Å². The minimum absolute atomic E-state index is 0.955. The van der Waals surface area contributed by atoms with E-state index in [0.29, 0.717) is 0 Å². The lowest BCUT2D eigenvalue weighted by Gasteiger charge is -2.07. The molecule has 0 aliphatic rings. The quantitative estimate of drug-likeness (QED) is 0.699. The van der Waals surface area contributed by atoms with E-state index in [1.807, 2.05) is 24.9 Å². The molecule has 1 N–H and O–H groups in total. The standard InChI is InChI=1S/C14H16N4S/c1(2-8-18-9-7-15-11-18)5-16-14-12-4-10-19-13(12)3-6-17-14/h3-4,6-7,9-11H,1-2,5,8H2,(H,16,17). The molecule has 3 aromatic rings. The fourth-order valence-corrected chi connectivity index (χ4v) is 2.86. The number of nitrogens with zero attached hydrogens (tertiary/aromatic N) is 3. The molecule has 98 valence electrons. The highest BCUT2D eigenvalue weighted by atomic mass is 32.1. The summed E-state index contributed by atoms with van der Waals surface area (Å²) in [7, 11) is 0. The van der Waals surface area contributed by atoms with E-state index in [4.69, 9.17) is 0 Å². The first-order chi connectivity index (χ1) is 9.43. The molecule has 0 spiro atoms. The third-order valence-corrected chi connectivity index (χ3v) is 3.96. The van der Waals surface area contributed by atoms with E-state index in [1.165, 1.54) is 10.1 Å². The van der Waals surface area contributed by atoms with Gasteiger partial charge in [-0.05, 0) is 30.4 Å². The van der Waals surface area contributed by atoms with Gasteiger partial charge in [-0.15, -0.1) is 11.3 Å². The highest BCUT2D eigenvalue weighted by Crippen LogP contribution is 2.25. The van der Waals surface area contributed by atoms with Crippen LogP contribution in [0.15, 0.2) is 42.4 Å². The number of rotatable bonds is 6. The lowest BCUT2D eigenvalue weighted by atomic mass is 10.3. The van der Waals surface area contributed by atoms with Crippen LogP contribution in [0.2, 0.25) is 0 Å². The van der Waals surface area contributed by atoms with Gasteiger partial charge in [0.1, 0.15) is 5.82 Å². The van der Waals surface area contributed by atoms with Crippen molar-refractivity contribution in [1.82, 2.24) is 14.5 Å². The summed E-state index contributed by atoms with van der Waals surface area (Å²) >= 11 is 1.75. The van der Waals surface area contributed by atoms with Crippen LogP contribution in [0.25, 0.3) is 10.1 Å². The van der Waals surface area contributed by atoms with Gasteiger partial charge in [0.2, 0.25) is 0 Å². The number of aromatic nitrogens is 3. The summed E-state index contributed by atoms with van der Waals surface area (Å²) in [4.78, 5) is 8.44. The lowest BCUT2D eigenvalue weighted by molar-refractivity contribution is 0.621. The Hall–Kier alpha value is -1.88. The predicted octanol–water partition coefficient (Wildman–Crippen LogP) is 3.39. The molecule has 0 radical (unpaired) electrons. The number of aryl methyl sites for hydroxylation is 1. The number of hydrogen-bond donors (Lipinski definition) is 1. The van der Waals surface area contributed by atoms with E-state index in [0.717, 1.165) is 31.7 Å². The molecular weight excluding hydrogens is 256 g/mol. The molecule has 0 saturated heterocycles. The molecule has 0 aliphatic heterocycles. The molecule has 5 heteroatoms. The fraction of sp³-hybridized carbons (Fsp3) is 0.286. The van der Waals surface area contributed by atoms with Crippen molar-refractivity contribution in [1.29, 1.82) is 0 Å². The molecule has 0 bridgehead atoms. The Labute approximate surface area is 116 Å². The second kappa shape index (κ2) is 5.84. The van der Waals surface area contributed by atoms with Crippen molar-refractivity contribution >= 4 is 27.2 Å². The molecule has 0 atom stereocenters. The highest BCUT2D eigenvalue weighted by Gasteiger charge is 2.02. The third kappa shape index (κ3) is 2.93. The average Bonchev–Trinajstić information content (AvgIpc) is 3.09. The summed E-state index contributed by atoms with van der Waals surface area (Å²) in [5, 5.41) is 6.76. The van der Waals surface area contributed by atoms with Gasteiger partial charge < -0.3 is 9.88 Å². The van der Waals surface area contributed by atoms with Crippen molar-refractivity contribution in [3.05, 3.63) is 42.4 Å². The average molecular weight is 272 g/mol. The van der Waals surface area contributed by atoms with Crippen LogP contribution in [0.1, 0.15) is 12.8 Å². The van der Waals surface area contributed by atoms with Gasteiger partial charge in [-0.25, -0.2) is 9.97 Å². The topological polar surface area (TPSA) is 42.7 Å². The molecule has 3 aromatic heterocycles. The van der Waals surface area contributed by atoms with Gasteiger partial charge in [0.15, 0.2) is 0 Å². The van der Waals surface area contributed by atoms with Crippen LogP contribution < -0.4 is 5.32 Å². The minimum atomic E-state index is 0.955. The summed E-state index contributed by atoms with van der Waals surface area (Å²) in [5.74, 6) is 1.00. The van der Waals surface area contributed by atoms with E-state index in [-0.39, 0.29) is 0 Å². The van der Waals surface area contributed by atoms with E-state index >= 15 is 0 Å². The molecular formula is C14H16N4S. The number of nitrogens with one attached hydrogen (secondary N) is 1. The molecule has 0 aliphatic carbocycles. The zero-order valence-electron chi connectivity index (χ0n) is 10.6. The summed E-state index contributed by atoms with van der Waals surface area (Å²) in [5.41, 5.74) is 0. The van der Waals surface area contributed by atoms with E-state index < -0.39 is 0 Å². The Kier molecular flexibility index (Phi) is 3.74. The number of anilines is 1. The molecule has 0 fully saturated rings. The number of imidazole rings is 1. The molecule has 3 rings (SSSR count). The van der Waals surface area contributed by atoms with Gasteiger partial charge in [-0.3, -0.25) is 0 Å². The maximum Gasteiger partial charge on any atom is 0.134 e. The SMILES string of the molecule is c1cn(CCCCNc2nccc3sccc23)cn1. The summed E-state index contributed by atoms with van der Waals surface area (Å²) in [6.07, 6.45) is 9.82. The zero-order chi connectivity index (χ0) is 12.9. The molecule has 3 heterocycles. The molecule has 19 heavy (non-hydrogen) atoms. The number of thiophene rings is 1. The first-order valence-corrected chi connectivity index (χ1v) is 7.33. The zero-order valence-corrected chi connectivity index (χ0v) is 11.4. The molecule has 4 nitrogen and oxygen atoms in total. The van der Waals surface area contributed by atoms with Crippen LogP contribution >= 0.6 is 11.3 Å². The summed E-state index contributed by atoms with van der Waals surface area (Å²) in [6.45, 7) is 1.98. The van der Waals surface area contributed by atoms with Crippen LogP contribution in [0.3, 0.4) is 0 Å². The maximum atomic E-state index is 4.41. The smallest absolute Gasteiger partial charge is 0.134 e. The summed E-state index contributed by atoms with van der Waals surface area (Å²) < 4.78 is 3.40. The molecule has 0 saturated carbocycles. The Balaban J connectivity index is 1.48. The van der Waals surface area contributed by atoms with Crippen molar-refractivity contribution in [2.45, 2.75) is 19.4 Å². The highest BCUT2D eigenvalue weighted by molar-refractivity contribution is 7.17. The largest absolute Gasteiger partial charge is 0.370 e. The second-order valence-corrected chi connectivity index (χ2v) is 5.37. The first-order valence-electron chi connectivity index (χ1n) is 6.45. The van der Waals surface area contributed by atoms with Crippen molar-refractivity contribution < 1.29 is 0 Å². The van der Waals surface area contributed by atoms with Crippen molar-refractivity contribution in [2.75, 3.05) is 11.9 Å². The molecule has 0 amide bonds. The van der Waals surface area contributed by atoms with Crippen molar-refractivity contribution in [3.63, 3.8) is 0 Å². The van der Waals surface area contributed by atoms with Gasteiger partial charge in [-0.1, -0.05) is 0 Å². The Morgan fingerprint density at radius 3 is 3.11 bits per heavy atom. The Morgan fingerprint density at radius 2 is 2.21 bits per heavy atom. The summed E-state index contributed by atoms with van der Waals surface area (Å²) in [6, 6.07) is 4.19. The van der Waals surface area contributed by atoms with Gasteiger partial charge >= 0.3 is 0 Å². The van der Waals surface area contributed by atoms with Crippen LogP contribution in [-0.2, 0) is 6.54 Å². The normalized spacial score (nSPS) is 10.9. The fourth-order valence-electron chi connectivity index (χ4n) is 2.08. The Morgan fingerprint density at radius 1 is 1.21 bits per heavy atom. The number of unbranched alkanes of at least 4 members (excludes halogenated alkanes) is 1. The van der Waals surface area contributed by atoms with Crippen LogP contribution in [0.4, 0.5) is 5.82 Å². The third-order valence-electron chi connectivity index (χ3n) is 3.07. The predicted molar refractivity (Wildman–Crippen MR) is 79.6 cm³/mol. The van der Waals surface area contributed by atoms with Crippen LogP contribution in [0.5, 0.6) is 0 Å². The second-order valence-electron chi connectivity index (χ2n) is 4.43. The molecule has 0 aromatic carbocycles. The lowest BCUT2D eigenvalue weighted by Crippen LogP contribution is -2.05. The number of pyridine rings is 1. The van der Waals surface area contributed by atoms with E-state index in [9.17, 15) is 0 Å². The number of fused-ring (bicyclic) bond motifs is 1. The monoisotopic (exact) mass is 272 g/mol. The van der Waals surface area contributed by atoms with Crippen LogP contribution in [0, 0.1) is 0 Å². The minimum Gasteiger partial charge on any atom is -0.370 e. The first kappa shape index (κ1) is 12.2. The van der Waals surface area contributed by atoms with Gasteiger partial charge in [0, 0.05) is 41.8 Å². The van der Waals surface area contributed by atoms with Crippen LogP contribution in [-0.4, -0.2) is 21.1 Å². The maximum absolute atomic E-state index is 4.41. The molecule has 0 unspecified atom stereocenters. The van der Waals surface area contributed by atoms with Gasteiger partial charge in [0.05, 0.1) is 6.33 Å². The van der Waals surface area contributed by atoms with Crippen molar-refractivity contribution in [3.8, 4) is 0 Å². The van der Waals surface area contributed by atoms with E-state index in [1.54, 1.807) is 11.3 Å². The van der Waals surface area contributed by atoms with Crippen molar-refractivity contribution in [2.24, 2.45) is 0 Å².